The molecule has 0 aliphatic heterocycles. The SMILES string of the molecule is CCNCCCN(C)S(=O)(=O)NC(C)c1cccc(F)c1. The van der Waals surface area contributed by atoms with Gasteiger partial charge in [-0.05, 0) is 44.1 Å². The minimum absolute atomic E-state index is 0.377. The van der Waals surface area contributed by atoms with Crippen molar-refractivity contribution >= 4 is 10.2 Å². The molecule has 21 heavy (non-hydrogen) atoms. The lowest BCUT2D eigenvalue weighted by molar-refractivity contribution is 0.439. The van der Waals surface area contributed by atoms with E-state index >= 15 is 0 Å². The molecule has 0 radical (unpaired) electrons. The Bertz CT molecular complexity index is 537. The van der Waals surface area contributed by atoms with Crippen molar-refractivity contribution in [2.45, 2.75) is 26.3 Å². The van der Waals surface area contributed by atoms with Crippen LogP contribution in [0, 0.1) is 5.82 Å². The first-order valence-corrected chi connectivity index (χ1v) is 8.50. The van der Waals surface area contributed by atoms with Gasteiger partial charge in [0.25, 0.3) is 10.2 Å². The lowest BCUT2D eigenvalue weighted by atomic mass is 10.1. The molecule has 1 aromatic carbocycles. The van der Waals surface area contributed by atoms with Crippen LogP contribution in [-0.4, -0.2) is 39.4 Å². The first kappa shape index (κ1) is 18.0. The number of benzene rings is 1. The van der Waals surface area contributed by atoms with Gasteiger partial charge in [0.15, 0.2) is 0 Å². The molecular formula is C14H24FN3O2S. The molecule has 0 aliphatic carbocycles. The zero-order valence-corrected chi connectivity index (χ0v) is 13.6. The van der Waals surface area contributed by atoms with Crippen molar-refractivity contribution in [3.05, 3.63) is 35.6 Å². The van der Waals surface area contributed by atoms with E-state index in [1.807, 2.05) is 6.92 Å². The molecule has 0 saturated heterocycles. The lowest BCUT2D eigenvalue weighted by Gasteiger charge is -2.21. The van der Waals surface area contributed by atoms with Crippen molar-refractivity contribution in [2.24, 2.45) is 0 Å². The summed E-state index contributed by atoms with van der Waals surface area (Å²) in [6.07, 6.45) is 0.736. The standard InChI is InChI=1S/C14H24FN3O2S/c1-4-16-9-6-10-18(3)21(19,20)17-12(2)13-7-5-8-14(15)11-13/h5,7-8,11-12,16-17H,4,6,9-10H2,1-3H3. The van der Waals surface area contributed by atoms with Gasteiger partial charge in [-0.25, -0.2) is 4.39 Å². The van der Waals surface area contributed by atoms with Gasteiger partial charge in [-0.3, -0.25) is 0 Å². The fraction of sp³-hybridized carbons (Fsp3) is 0.571. The van der Waals surface area contributed by atoms with E-state index in [-0.39, 0.29) is 5.82 Å². The molecule has 1 rings (SSSR count). The second-order valence-corrected chi connectivity index (χ2v) is 6.74. The van der Waals surface area contributed by atoms with E-state index in [2.05, 4.69) is 10.0 Å². The quantitative estimate of drug-likeness (QED) is 0.681. The van der Waals surface area contributed by atoms with Crippen LogP contribution in [0.15, 0.2) is 24.3 Å². The molecule has 120 valence electrons. The van der Waals surface area contributed by atoms with Crippen molar-refractivity contribution in [3.63, 3.8) is 0 Å². The van der Waals surface area contributed by atoms with E-state index in [4.69, 9.17) is 0 Å². The van der Waals surface area contributed by atoms with Crippen LogP contribution in [0.2, 0.25) is 0 Å². The van der Waals surface area contributed by atoms with Crippen LogP contribution >= 0.6 is 0 Å². The number of hydrogen-bond donors (Lipinski definition) is 2. The zero-order chi connectivity index (χ0) is 15.9. The van der Waals surface area contributed by atoms with Gasteiger partial charge in [-0.2, -0.15) is 17.4 Å². The summed E-state index contributed by atoms with van der Waals surface area (Å²) in [6.45, 7) is 5.76. The third-order valence-corrected chi connectivity index (χ3v) is 4.82. The summed E-state index contributed by atoms with van der Waals surface area (Å²) in [5, 5.41) is 3.14. The minimum Gasteiger partial charge on any atom is -0.317 e. The molecule has 0 aliphatic rings. The van der Waals surface area contributed by atoms with Crippen LogP contribution in [0.1, 0.15) is 31.9 Å². The maximum atomic E-state index is 13.2. The summed E-state index contributed by atoms with van der Waals surface area (Å²) in [5.41, 5.74) is 0.597. The van der Waals surface area contributed by atoms with Gasteiger partial charge in [0.05, 0.1) is 0 Å². The molecule has 0 spiro atoms. The highest BCUT2D eigenvalue weighted by molar-refractivity contribution is 7.87. The monoisotopic (exact) mass is 317 g/mol. The Morgan fingerprint density at radius 3 is 2.71 bits per heavy atom. The predicted molar refractivity (Wildman–Crippen MR) is 82.7 cm³/mol. The zero-order valence-electron chi connectivity index (χ0n) is 12.8. The lowest BCUT2D eigenvalue weighted by Crippen LogP contribution is -2.40. The molecule has 0 bridgehead atoms. The first-order chi connectivity index (χ1) is 9.86. The van der Waals surface area contributed by atoms with Gasteiger partial charge in [-0.1, -0.05) is 19.1 Å². The molecule has 1 unspecified atom stereocenters. The third-order valence-electron chi connectivity index (χ3n) is 3.16. The third kappa shape index (κ3) is 6.09. The van der Waals surface area contributed by atoms with E-state index in [1.165, 1.54) is 23.5 Å². The topological polar surface area (TPSA) is 61.4 Å². The molecule has 1 atom stereocenters. The maximum absolute atomic E-state index is 13.2. The Balaban J connectivity index is 2.58. The van der Waals surface area contributed by atoms with Crippen molar-refractivity contribution in [3.8, 4) is 0 Å². The van der Waals surface area contributed by atoms with Crippen LogP contribution in [0.4, 0.5) is 4.39 Å². The second-order valence-electron chi connectivity index (χ2n) is 4.93. The maximum Gasteiger partial charge on any atom is 0.279 e. The van der Waals surface area contributed by atoms with Gasteiger partial charge in [-0.15, -0.1) is 0 Å². The molecule has 7 heteroatoms. The minimum atomic E-state index is -3.57. The molecule has 0 amide bonds. The average Bonchev–Trinajstić information content (AvgIpc) is 2.42. The number of nitrogens with zero attached hydrogens (tertiary/aromatic N) is 1. The summed E-state index contributed by atoms with van der Waals surface area (Å²) >= 11 is 0. The van der Waals surface area contributed by atoms with E-state index in [0.717, 1.165) is 19.5 Å². The van der Waals surface area contributed by atoms with Gasteiger partial charge < -0.3 is 5.32 Å². The van der Waals surface area contributed by atoms with Crippen LogP contribution in [0.3, 0.4) is 0 Å². The van der Waals surface area contributed by atoms with Gasteiger partial charge in [0.1, 0.15) is 5.82 Å². The fourth-order valence-electron chi connectivity index (χ4n) is 1.88. The Morgan fingerprint density at radius 2 is 2.10 bits per heavy atom. The normalized spacial score (nSPS) is 13.6. The molecular weight excluding hydrogens is 293 g/mol. The van der Waals surface area contributed by atoms with Crippen LogP contribution in [-0.2, 0) is 10.2 Å². The highest BCUT2D eigenvalue weighted by Crippen LogP contribution is 2.15. The Labute approximate surface area is 126 Å². The summed E-state index contributed by atoms with van der Waals surface area (Å²) in [5.74, 6) is -0.377. The van der Waals surface area contributed by atoms with Gasteiger partial charge in [0.2, 0.25) is 0 Å². The van der Waals surface area contributed by atoms with Gasteiger partial charge in [0, 0.05) is 19.6 Å². The Kier molecular flexibility index (Phi) is 7.24. The highest BCUT2D eigenvalue weighted by atomic mass is 32.2. The molecule has 0 fully saturated rings. The average molecular weight is 317 g/mol. The highest BCUT2D eigenvalue weighted by Gasteiger charge is 2.20. The van der Waals surface area contributed by atoms with Crippen molar-refractivity contribution in [1.82, 2.24) is 14.3 Å². The summed E-state index contributed by atoms with van der Waals surface area (Å²) < 4.78 is 41.3. The van der Waals surface area contributed by atoms with E-state index in [1.54, 1.807) is 19.1 Å². The molecule has 0 heterocycles. The van der Waals surface area contributed by atoms with E-state index < -0.39 is 16.3 Å². The summed E-state index contributed by atoms with van der Waals surface area (Å²) in [7, 11) is -2.04. The largest absolute Gasteiger partial charge is 0.317 e. The van der Waals surface area contributed by atoms with Crippen LogP contribution in [0.5, 0.6) is 0 Å². The Hall–Kier alpha value is -1.02. The molecule has 0 saturated carbocycles. The van der Waals surface area contributed by atoms with Gasteiger partial charge >= 0.3 is 0 Å². The van der Waals surface area contributed by atoms with Crippen LogP contribution in [0.25, 0.3) is 0 Å². The number of nitrogens with one attached hydrogen (secondary N) is 2. The molecule has 2 N–H and O–H groups in total. The predicted octanol–water partition coefficient (Wildman–Crippen LogP) is 1.65. The number of halogens is 1. The van der Waals surface area contributed by atoms with Crippen LogP contribution < -0.4 is 10.0 Å². The summed E-state index contributed by atoms with van der Waals surface area (Å²) in [6, 6.07) is 5.44. The first-order valence-electron chi connectivity index (χ1n) is 7.06. The van der Waals surface area contributed by atoms with Crippen molar-refractivity contribution < 1.29 is 12.8 Å². The smallest absolute Gasteiger partial charge is 0.279 e. The van der Waals surface area contributed by atoms with E-state index in [9.17, 15) is 12.8 Å². The van der Waals surface area contributed by atoms with Crippen molar-refractivity contribution in [1.29, 1.82) is 0 Å². The summed E-state index contributed by atoms with van der Waals surface area (Å²) in [4.78, 5) is 0. The molecule has 1 aromatic rings. The van der Waals surface area contributed by atoms with E-state index in [0.29, 0.717) is 12.1 Å². The number of hydrogen-bond acceptors (Lipinski definition) is 3. The second kappa shape index (κ2) is 8.43. The molecule has 0 aromatic heterocycles. The molecule has 5 nitrogen and oxygen atoms in total. The fourth-order valence-corrected chi connectivity index (χ4v) is 3.01. The van der Waals surface area contributed by atoms with Crippen molar-refractivity contribution in [2.75, 3.05) is 26.7 Å². The number of rotatable bonds is 9. The Morgan fingerprint density at radius 1 is 1.38 bits per heavy atom.